The molecule has 0 bridgehead atoms. The fourth-order valence-electron chi connectivity index (χ4n) is 3.03. The molecular weight excluding hydrogens is 446 g/mol. The summed E-state index contributed by atoms with van der Waals surface area (Å²) in [7, 11) is 1.32. The molecule has 2 N–H and O–H groups in total. The summed E-state index contributed by atoms with van der Waals surface area (Å²) >= 11 is 5.17. The predicted molar refractivity (Wildman–Crippen MR) is 124 cm³/mol. The van der Waals surface area contributed by atoms with Crippen LogP contribution in [0, 0.1) is 10.1 Å². The van der Waals surface area contributed by atoms with Gasteiger partial charge in [-0.3, -0.25) is 20.2 Å². The van der Waals surface area contributed by atoms with Crippen molar-refractivity contribution in [1.82, 2.24) is 20.6 Å². The molecule has 0 aliphatic rings. The number of carbonyl (C=O) groups is 1. The number of oxazole rings is 1. The van der Waals surface area contributed by atoms with E-state index in [1.165, 1.54) is 19.2 Å². The monoisotopic (exact) mass is 463 g/mol. The van der Waals surface area contributed by atoms with E-state index >= 15 is 0 Å². The number of nitrogens with zero attached hydrogens (tertiary/aromatic N) is 3. The van der Waals surface area contributed by atoms with Crippen molar-refractivity contribution in [2.24, 2.45) is 0 Å². The Kier molecular flexibility index (Phi) is 6.22. The zero-order valence-electron chi connectivity index (χ0n) is 17.3. The number of methoxy groups -OCH3 is 1. The van der Waals surface area contributed by atoms with Crippen LogP contribution in [-0.4, -0.2) is 33.0 Å². The number of carbonyl (C=O) groups excluding carboxylic acids is 1. The van der Waals surface area contributed by atoms with Gasteiger partial charge in [-0.1, -0.05) is 12.1 Å². The number of benzene rings is 2. The van der Waals surface area contributed by atoms with Crippen molar-refractivity contribution in [1.29, 1.82) is 0 Å². The van der Waals surface area contributed by atoms with E-state index in [0.717, 1.165) is 17.2 Å². The Morgan fingerprint density at radius 3 is 2.70 bits per heavy atom. The number of nitro groups is 1. The first-order chi connectivity index (χ1) is 15.9. The molecule has 0 radical (unpaired) electrons. The highest BCUT2D eigenvalue weighted by Crippen LogP contribution is 2.27. The number of amides is 1. The van der Waals surface area contributed by atoms with Crippen LogP contribution in [0.5, 0.6) is 5.75 Å². The fourth-order valence-corrected chi connectivity index (χ4v) is 3.20. The lowest BCUT2D eigenvalue weighted by atomic mass is 10.1. The molecular formula is C22H17N5O5S. The van der Waals surface area contributed by atoms with E-state index in [9.17, 15) is 14.9 Å². The minimum Gasteiger partial charge on any atom is -0.490 e. The smallest absolute Gasteiger partial charge is 0.311 e. The first kappa shape index (κ1) is 21.8. The van der Waals surface area contributed by atoms with Crippen molar-refractivity contribution in [3.05, 3.63) is 82.0 Å². The summed E-state index contributed by atoms with van der Waals surface area (Å²) in [6.07, 6.45) is 1.65. The quantitative estimate of drug-likeness (QED) is 0.250. The molecule has 0 saturated heterocycles. The standard InChI is InChI=1S/C22H17N5O5S/c1-31-17-9-8-15(11-16(17)27(29)30)20(28)26-22(33)24-12-13-4-6-14(7-5-13)21-25-19-18(32-21)3-2-10-23-19/h2-11H,12H2,1H3,(H2,24,26,28,33). The van der Waals surface area contributed by atoms with Crippen molar-refractivity contribution in [2.45, 2.75) is 6.54 Å². The lowest BCUT2D eigenvalue weighted by Crippen LogP contribution is -2.38. The Bertz CT molecular complexity index is 1320. The highest BCUT2D eigenvalue weighted by molar-refractivity contribution is 7.80. The van der Waals surface area contributed by atoms with Gasteiger partial charge in [0.2, 0.25) is 5.89 Å². The zero-order chi connectivity index (χ0) is 23.4. The number of thiocarbonyl (C=S) groups is 1. The number of hydrogen-bond acceptors (Lipinski definition) is 8. The number of fused-ring (bicyclic) bond motifs is 1. The lowest BCUT2D eigenvalue weighted by Gasteiger charge is -2.10. The molecule has 1 amide bonds. The summed E-state index contributed by atoms with van der Waals surface area (Å²) in [5.41, 5.74) is 2.64. The van der Waals surface area contributed by atoms with Crippen LogP contribution in [0.15, 0.2) is 65.2 Å². The van der Waals surface area contributed by atoms with Gasteiger partial charge in [-0.15, -0.1) is 0 Å². The molecule has 0 fully saturated rings. The van der Waals surface area contributed by atoms with E-state index in [-0.39, 0.29) is 22.1 Å². The van der Waals surface area contributed by atoms with Crippen LogP contribution in [0.3, 0.4) is 0 Å². The maximum atomic E-state index is 12.4. The van der Waals surface area contributed by atoms with E-state index in [4.69, 9.17) is 21.4 Å². The summed E-state index contributed by atoms with van der Waals surface area (Å²) < 4.78 is 10.6. The van der Waals surface area contributed by atoms with Crippen LogP contribution >= 0.6 is 12.2 Å². The second-order valence-electron chi connectivity index (χ2n) is 6.82. The third-order valence-electron chi connectivity index (χ3n) is 4.68. The van der Waals surface area contributed by atoms with Gasteiger partial charge in [-0.25, -0.2) is 4.98 Å². The number of nitrogens with one attached hydrogen (secondary N) is 2. The van der Waals surface area contributed by atoms with Crippen LogP contribution in [0.25, 0.3) is 22.7 Å². The fraction of sp³-hybridized carbons (Fsp3) is 0.0909. The normalized spacial score (nSPS) is 10.6. The Hall–Kier alpha value is -4.38. The molecule has 0 aliphatic carbocycles. The molecule has 166 valence electrons. The summed E-state index contributed by atoms with van der Waals surface area (Å²) in [6, 6.07) is 15.0. The van der Waals surface area contributed by atoms with Crippen molar-refractivity contribution < 1.29 is 18.9 Å². The van der Waals surface area contributed by atoms with Gasteiger partial charge in [-0.2, -0.15) is 4.98 Å². The Morgan fingerprint density at radius 1 is 1.21 bits per heavy atom. The summed E-state index contributed by atoms with van der Waals surface area (Å²) in [4.78, 5) is 31.4. The molecule has 0 aliphatic heterocycles. The Balaban J connectivity index is 1.35. The number of aromatic nitrogens is 2. The maximum absolute atomic E-state index is 12.4. The number of nitro benzene ring substituents is 1. The molecule has 0 atom stereocenters. The predicted octanol–water partition coefficient (Wildman–Crippen LogP) is 3.61. The summed E-state index contributed by atoms with van der Waals surface area (Å²) in [5, 5.41) is 16.7. The van der Waals surface area contributed by atoms with E-state index in [1.807, 2.05) is 24.3 Å². The van der Waals surface area contributed by atoms with Crippen molar-refractivity contribution in [3.63, 3.8) is 0 Å². The van der Waals surface area contributed by atoms with Crippen molar-refractivity contribution in [3.8, 4) is 17.2 Å². The number of pyridine rings is 1. The van der Waals surface area contributed by atoms with Gasteiger partial charge in [0, 0.05) is 29.9 Å². The minimum atomic E-state index is -0.618. The Labute approximate surface area is 192 Å². The van der Waals surface area contributed by atoms with Crippen LogP contribution in [-0.2, 0) is 6.54 Å². The lowest BCUT2D eigenvalue weighted by molar-refractivity contribution is -0.385. The van der Waals surface area contributed by atoms with E-state index < -0.39 is 10.8 Å². The molecule has 4 aromatic rings. The number of rotatable bonds is 6. The van der Waals surface area contributed by atoms with E-state index in [2.05, 4.69) is 20.6 Å². The molecule has 4 rings (SSSR count). The van der Waals surface area contributed by atoms with Gasteiger partial charge in [0.1, 0.15) is 0 Å². The molecule has 0 saturated carbocycles. The summed E-state index contributed by atoms with van der Waals surface area (Å²) in [6.45, 7) is 0.358. The summed E-state index contributed by atoms with van der Waals surface area (Å²) in [5.74, 6) is -0.0347. The number of ether oxygens (including phenoxy) is 1. The third kappa shape index (κ3) is 4.93. The molecule has 11 heteroatoms. The van der Waals surface area contributed by atoms with E-state index in [0.29, 0.717) is 23.7 Å². The molecule has 2 aromatic carbocycles. The van der Waals surface area contributed by atoms with Crippen molar-refractivity contribution in [2.75, 3.05) is 7.11 Å². The van der Waals surface area contributed by atoms with Crippen LogP contribution in [0.2, 0.25) is 0 Å². The highest BCUT2D eigenvalue weighted by atomic mass is 32.1. The first-order valence-corrected chi connectivity index (χ1v) is 10.1. The van der Waals surface area contributed by atoms with Gasteiger partial charge in [0.05, 0.1) is 12.0 Å². The van der Waals surface area contributed by atoms with Gasteiger partial charge in [0.25, 0.3) is 5.91 Å². The van der Waals surface area contributed by atoms with Crippen LogP contribution in [0.4, 0.5) is 5.69 Å². The molecule has 33 heavy (non-hydrogen) atoms. The molecule has 0 spiro atoms. The van der Waals surface area contributed by atoms with Gasteiger partial charge >= 0.3 is 5.69 Å². The average Bonchev–Trinajstić information content (AvgIpc) is 3.27. The van der Waals surface area contributed by atoms with Crippen LogP contribution in [0.1, 0.15) is 15.9 Å². The second-order valence-corrected chi connectivity index (χ2v) is 7.23. The van der Waals surface area contributed by atoms with Crippen molar-refractivity contribution >= 4 is 40.2 Å². The van der Waals surface area contributed by atoms with Gasteiger partial charge in [0.15, 0.2) is 22.1 Å². The highest BCUT2D eigenvalue weighted by Gasteiger charge is 2.18. The topological polar surface area (TPSA) is 132 Å². The number of hydrogen-bond donors (Lipinski definition) is 2. The minimum absolute atomic E-state index is 0.0646. The van der Waals surface area contributed by atoms with Gasteiger partial charge in [-0.05, 0) is 54.2 Å². The van der Waals surface area contributed by atoms with Gasteiger partial charge < -0.3 is 14.5 Å². The molecule has 2 aromatic heterocycles. The molecule has 2 heterocycles. The third-order valence-corrected chi connectivity index (χ3v) is 4.93. The molecule has 10 nitrogen and oxygen atoms in total. The zero-order valence-corrected chi connectivity index (χ0v) is 18.1. The van der Waals surface area contributed by atoms with E-state index in [1.54, 1.807) is 18.3 Å². The maximum Gasteiger partial charge on any atom is 0.311 e. The average molecular weight is 463 g/mol. The largest absolute Gasteiger partial charge is 0.490 e. The van der Waals surface area contributed by atoms with Crippen LogP contribution < -0.4 is 15.4 Å². The Morgan fingerprint density at radius 2 is 2.00 bits per heavy atom. The molecule has 0 unspecified atom stereocenters. The second kappa shape index (κ2) is 9.40. The SMILES string of the molecule is COc1ccc(C(=O)NC(=S)NCc2ccc(-c3nc4ncccc4o3)cc2)cc1[N+](=O)[O-]. The first-order valence-electron chi connectivity index (χ1n) is 9.67.